The predicted octanol–water partition coefficient (Wildman–Crippen LogP) is 15.7. The van der Waals surface area contributed by atoms with E-state index in [1.54, 1.807) is 24.3 Å². The van der Waals surface area contributed by atoms with Gasteiger partial charge in [-0.3, -0.25) is 4.98 Å². The van der Waals surface area contributed by atoms with E-state index in [4.69, 9.17) is 16.5 Å². The van der Waals surface area contributed by atoms with E-state index >= 15 is 0 Å². The van der Waals surface area contributed by atoms with Crippen molar-refractivity contribution in [1.82, 2.24) is 4.98 Å². The Kier molecular flexibility index (Phi) is 26.2. The molecule has 0 amide bonds. The monoisotopic (exact) mass is 842 g/mol. The van der Waals surface area contributed by atoms with Gasteiger partial charge in [0.15, 0.2) is 0 Å². The van der Waals surface area contributed by atoms with E-state index < -0.39 is 0 Å². The molecular weight excluding hydrogens is 775 g/mol. The van der Waals surface area contributed by atoms with Crippen LogP contribution in [0.4, 0.5) is 0 Å². The molecule has 3 heteroatoms. The van der Waals surface area contributed by atoms with Crippen LogP contribution in [0, 0.1) is 5.92 Å². The highest BCUT2D eigenvalue weighted by atomic mass is 14.7. The van der Waals surface area contributed by atoms with Gasteiger partial charge in [-0.2, -0.15) is 0 Å². The van der Waals surface area contributed by atoms with Gasteiger partial charge < -0.3 is 11.5 Å². The zero-order valence-corrected chi connectivity index (χ0v) is 38.1. The summed E-state index contributed by atoms with van der Waals surface area (Å²) in [7, 11) is 0. The highest BCUT2D eigenvalue weighted by molar-refractivity contribution is 5.83. The van der Waals surface area contributed by atoms with Gasteiger partial charge in [0.25, 0.3) is 0 Å². The summed E-state index contributed by atoms with van der Waals surface area (Å²) < 4.78 is 0. The molecule has 0 fully saturated rings. The maximum Gasteiger partial charge on any atom is 0.0676 e. The van der Waals surface area contributed by atoms with Crippen LogP contribution in [-0.2, 0) is 5.41 Å². The predicted molar refractivity (Wildman–Crippen MR) is 285 cm³/mol. The lowest BCUT2D eigenvalue weighted by molar-refractivity contribution is 0.623. The minimum Gasteiger partial charge on any atom is -0.405 e. The van der Waals surface area contributed by atoms with E-state index in [9.17, 15) is 0 Å². The van der Waals surface area contributed by atoms with Crippen molar-refractivity contribution < 1.29 is 0 Å². The van der Waals surface area contributed by atoms with Gasteiger partial charge in [-0.25, -0.2) is 0 Å². The number of hydrogen-bond donors (Lipinski definition) is 2. The molecule has 326 valence electrons. The van der Waals surface area contributed by atoms with Crippen LogP contribution in [-0.4, -0.2) is 4.98 Å². The SMILES string of the molecule is C/C=C/C=C\C=C(C)/C=C/C=C/C=C\N.C=C/C=C/C=C\C(C)/C=C(\N)c1ccccc1.C=C/C=C\C=C/C=C.C=CCC1(c2ccccc2C=C)c2ccccc2-c2cccnc21. The minimum atomic E-state index is -0.306. The Balaban J connectivity index is 0.000000314. The number of nitrogens with two attached hydrogens (primary N) is 2. The van der Waals surface area contributed by atoms with E-state index in [-0.39, 0.29) is 5.41 Å². The highest BCUT2D eigenvalue weighted by Gasteiger charge is 2.45. The fourth-order valence-electron chi connectivity index (χ4n) is 6.62. The van der Waals surface area contributed by atoms with Gasteiger partial charge in [-0.15, -0.1) is 6.58 Å². The third-order valence-corrected chi connectivity index (χ3v) is 9.49. The van der Waals surface area contributed by atoms with Crippen LogP contribution in [0.15, 0.2) is 282 Å². The quantitative estimate of drug-likeness (QED) is 0.0822. The lowest BCUT2D eigenvalue weighted by Gasteiger charge is -2.32. The van der Waals surface area contributed by atoms with Gasteiger partial charge in [-0.05, 0) is 72.3 Å². The Bertz CT molecular complexity index is 2340. The Morgan fingerprint density at radius 2 is 1.22 bits per heavy atom. The van der Waals surface area contributed by atoms with E-state index in [1.807, 2.05) is 159 Å². The summed E-state index contributed by atoms with van der Waals surface area (Å²) in [6, 6.07) is 31.3. The third kappa shape index (κ3) is 17.7. The molecule has 3 nitrogen and oxygen atoms in total. The van der Waals surface area contributed by atoms with Crippen LogP contribution < -0.4 is 11.5 Å². The molecule has 3 aromatic carbocycles. The molecule has 64 heavy (non-hydrogen) atoms. The van der Waals surface area contributed by atoms with E-state index in [0.29, 0.717) is 5.92 Å². The molecule has 5 rings (SSSR count). The van der Waals surface area contributed by atoms with Crippen molar-refractivity contribution in [3.8, 4) is 11.1 Å². The number of hydrogen-bond acceptors (Lipinski definition) is 3. The largest absolute Gasteiger partial charge is 0.405 e. The number of allylic oxidation sites excluding steroid dienone is 24. The number of benzene rings is 3. The first-order chi connectivity index (χ1) is 31.3. The van der Waals surface area contributed by atoms with Crippen LogP contribution in [0.25, 0.3) is 22.9 Å². The van der Waals surface area contributed by atoms with Gasteiger partial charge in [0.05, 0.1) is 11.1 Å². The standard InChI is InChI=1S/C23H19N.C16H19N.C14H19N.C8H10/c1-3-15-23(20-13-7-5-10-17(20)4-2)21-14-8-6-11-18(21)19-12-9-16-24-22(19)23;1-3-4-5-7-10-14(2)13-16(17)15-11-8-6-9-12-15;1-3-4-5-8-11-14(2)12-9-6-7-10-13-15;1-3-5-7-8-6-4-2/h3-14,16H,1-2,15H2;3-14H,1,17H2,2H3;3-13H,15H2,1-2H3;3-8H,1-2H2/b;5-4+,10-7-,16-13-;4-3+,7-6+,8-5-,12-9+,13-10-,14-11-;7-5-,8-6-. The van der Waals surface area contributed by atoms with Crippen LogP contribution in [0.2, 0.25) is 0 Å². The van der Waals surface area contributed by atoms with Crippen LogP contribution in [0.3, 0.4) is 0 Å². The van der Waals surface area contributed by atoms with Crippen LogP contribution >= 0.6 is 0 Å². The van der Waals surface area contributed by atoms with Gasteiger partial charge >= 0.3 is 0 Å². The van der Waals surface area contributed by atoms with Gasteiger partial charge in [0.1, 0.15) is 0 Å². The first-order valence-electron chi connectivity index (χ1n) is 21.4. The van der Waals surface area contributed by atoms with Crippen molar-refractivity contribution in [1.29, 1.82) is 0 Å². The number of nitrogens with zero attached hydrogens (tertiary/aromatic N) is 1. The average molecular weight is 842 g/mol. The molecule has 4 aromatic rings. The molecule has 1 heterocycles. The summed E-state index contributed by atoms with van der Waals surface area (Å²) >= 11 is 0. The molecule has 1 aliphatic rings. The molecule has 2 unspecified atom stereocenters. The molecule has 0 bridgehead atoms. The molecule has 1 aliphatic carbocycles. The molecule has 0 spiro atoms. The normalized spacial score (nSPS) is 15.2. The van der Waals surface area contributed by atoms with Crippen molar-refractivity contribution in [3.05, 3.63) is 310 Å². The summed E-state index contributed by atoms with van der Waals surface area (Å²) in [6.45, 7) is 24.9. The zero-order valence-electron chi connectivity index (χ0n) is 38.1. The molecule has 1 aromatic heterocycles. The first-order valence-corrected chi connectivity index (χ1v) is 21.4. The molecule has 0 radical (unpaired) electrons. The Morgan fingerprint density at radius 1 is 0.641 bits per heavy atom. The second-order valence-electron chi connectivity index (χ2n) is 14.2. The highest BCUT2D eigenvalue weighted by Crippen LogP contribution is 2.54. The average Bonchev–Trinajstić information content (AvgIpc) is 3.61. The smallest absolute Gasteiger partial charge is 0.0676 e. The van der Waals surface area contributed by atoms with Crippen molar-refractivity contribution in [2.45, 2.75) is 32.6 Å². The van der Waals surface area contributed by atoms with Gasteiger partial charge in [0.2, 0.25) is 0 Å². The zero-order chi connectivity index (χ0) is 46.7. The lowest BCUT2D eigenvalue weighted by Crippen LogP contribution is -2.28. The Labute approximate surface area is 385 Å². The summed E-state index contributed by atoms with van der Waals surface area (Å²) in [4.78, 5) is 4.82. The number of aromatic nitrogens is 1. The molecule has 0 saturated carbocycles. The van der Waals surface area contributed by atoms with Gasteiger partial charge in [-0.1, -0.05) is 263 Å². The minimum absolute atomic E-state index is 0.306. The number of rotatable bonds is 17. The van der Waals surface area contributed by atoms with E-state index in [1.165, 1.54) is 34.0 Å². The van der Waals surface area contributed by atoms with Crippen molar-refractivity contribution >= 4 is 11.8 Å². The molecule has 2 atom stereocenters. The fraction of sp³-hybridized carbons (Fsp3) is 0.0984. The van der Waals surface area contributed by atoms with Crippen LogP contribution in [0.1, 0.15) is 55.1 Å². The number of pyridine rings is 1. The molecule has 0 saturated heterocycles. The Hall–Kier alpha value is -7.75. The fourth-order valence-corrected chi connectivity index (χ4v) is 6.62. The summed E-state index contributed by atoms with van der Waals surface area (Å²) in [5, 5.41) is 0. The van der Waals surface area contributed by atoms with Crippen molar-refractivity contribution in [2.75, 3.05) is 0 Å². The van der Waals surface area contributed by atoms with Crippen molar-refractivity contribution in [2.24, 2.45) is 17.4 Å². The maximum absolute atomic E-state index is 6.02. The van der Waals surface area contributed by atoms with Crippen molar-refractivity contribution in [3.63, 3.8) is 0 Å². The van der Waals surface area contributed by atoms with E-state index in [2.05, 4.69) is 113 Å². The summed E-state index contributed by atoms with van der Waals surface area (Å²) in [5.74, 6) is 0.310. The second kappa shape index (κ2) is 32.0. The molecule has 0 aliphatic heterocycles. The summed E-state index contributed by atoms with van der Waals surface area (Å²) in [6.07, 6.45) is 50.6. The first kappa shape index (κ1) is 52.4. The molecular formula is C61H67N3. The van der Waals surface area contributed by atoms with E-state index in [0.717, 1.165) is 28.9 Å². The third-order valence-electron chi connectivity index (χ3n) is 9.49. The lowest BCUT2D eigenvalue weighted by atomic mass is 9.70. The topological polar surface area (TPSA) is 64.9 Å². The maximum atomic E-state index is 6.02. The second-order valence-corrected chi connectivity index (χ2v) is 14.2. The van der Waals surface area contributed by atoms with Crippen LogP contribution in [0.5, 0.6) is 0 Å². The van der Waals surface area contributed by atoms with Gasteiger partial charge in [0, 0.05) is 17.5 Å². The Morgan fingerprint density at radius 3 is 1.86 bits per heavy atom. The summed E-state index contributed by atoms with van der Waals surface area (Å²) in [5.41, 5.74) is 21.3. The molecule has 4 N–H and O–H groups in total. The number of fused-ring (bicyclic) bond motifs is 3.